The van der Waals surface area contributed by atoms with Gasteiger partial charge in [0.2, 0.25) is 6.08 Å². The molecule has 0 radical (unpaired) electrons. The Labute approximate surface area is 90.8 Å². The van der Waals surface area contributed by atoms with Crippen molar-refractivity contribution in [3.8, 4) is 5.75 Å². The third kappa shape index (κ3) is 1.59. The van der Waals surface area contributed by atoms with E-state index in [-0.39, 0.29) is 11.3 Å². The molecule has 1 saturated carbocycles. The molecule has 1 fully saturated rings. The van der Waals surface area contributed by atoms with Crippen LogP contribution in [0.1, 0.15) is 18.4 Å². The summed E-state index contributed by atoms with van der Waals surface area (Å²) in [5.41, 5.74) is -0.812. The summed E-state index contributed by atoms with van der Waals surface area (Å²) >= 11 is 0. The zero-order valence-corrected chi connectivity index (χ0v) is 8.59. The molecule has 0 N–H and O–H groups in total. The normalized spacial score (nSPS) is 16.4. The van der Waals surface area contributed by atoms with Crippen molar-refractivity contribution in [1.29, 1.82) is 0 Å². The lowest BCUT2D eigenvalue weighted by atomic mass is 10.0. The largest absolute Gasteiger partial charge is 0.494 e. The van der Waals surface area contributed by atoms with Crippen LogP contribution in [-0.2, 0) is 10.3 Å². The zero-order chi connectivity index (χ0) is 11.8. The standard InChI is InChI=1S/C11H9F2NO2/c1-16-10-5-8(12)7(4-9(10)13)11(2-3-11)14-6-15/h4-5H,2-3H2,1H3. The van der Waals surface area contributed by atoms with E-state index in [1.807, 2.05) is 0 Å². The first-order valence-electron chi connectivity index (χ1n) is 4.75. The minimum atomic E-state index is -0.904. The van der Waals surface area contributed by atoms with Gasteiger partial charge in [-0.15, -0.1) is 0 Å². The smallest absolute Gasteiger partial charge is 0.235 e. The number of ether oxygens (including phenoxy) is 1. The van der Waals surface area contributed by atoms with Crippen molar-refractivity contribution >= 4 is 6.08 Å². The van der Waals surface area contributed by atoms with Gasteiger partial charge >= 0.3 is 0 Å². The molecule has 0 aromatic heterocycles. The van der Waals surface area contributed by atoms with Crippen LogP contribution >= 0.6 is 0 Å². The molecule has 1 aromatic carbocycles. The van der Waals surface area contributed by atoms with E-state index in [9.17, 15) is 13.6 Å². The Bertz CT molecular complexity index is 477. The van der Waals surface area contributed by atoms with Crippen LogP contribution in [0.4, 0.5) is 8.78 Å². The summed E-state index contributed by atoms with van der Waals surface area (Å²) in [7, 11) is 1.26. The molecule has 0 spiro atoms. The minimum absolute atomic E-state index is 0.0918. The molecule has 5 heteroatoms. The highest BCUT2D eigenvalue weighted by atomic mass is 19.1. The Hall–Kier alpha value is -1.74. The number of benzene rings is 1. The van der Waals surface area contributed by atoms with Gasteiger partial charge in [0.05, 0.1) is 7.11 Å². The highest BCUT2D eigenvalue weighted by molar-refractivity contribution is 5.43. The molecule has 1 aromatic rings. The number of isocyanates is 1. The van der Waals surface area contributed by atoms with E-state index in [1.165, 1.54) is 13.2 Å². The number of rotatable bonds is 3. The highest BCUT2D eigenvalue weighted by Crippen LogP contribution is 2.50. The first-order chi connectivity index (χ1) is 7.63. The van der Waals surface area contributed by atoms with Crippen LogP contribution < -0.4 is 4.74 Å². The lowest BCUT2D eigenvalue weighted by Gasteiger charge is -2.11. The number of halogens is 2. The quantitative estimate of drug-likeness (QED) is 0.584. The van der Waals surface area contributed by atoms with E-state index < -0.39 is 17.2 Å². The number of methoxy groups -OCH3 is 1. The first kappa shape index (κ1) is 10.8. The van der Waals surface area contributed by atoms with Gasteiger partial charge in [-0.1, -0.05) is 0 Å². The summed E-state index contributed by atoms with van der Waals surface area (Å²) in [5, 5.41) is 0. The molecule has 0 bridgehead atoms. The van der Waals surface area contributed by atoms with Crippen molar-refractivity contribution in [2.24, 2.45) is 4.99 Å². The summed E-state index contributed by atoms with van der Waals surface area (Å²) in [6, 6.07) is 1.99. The molecular formula is C11H9F2NO2. The zero-order valence-electron chi connectivity index (χ0n) is 8.59. The van der Waals surface area contributed by atoms with Crippen molar-refractivity contribution in [2.75, 3.05) is 7.11 Å². The second-order valence-corrected chi connectivity index (χ2v) is 3.70. The highest BCUT2D eigenvalue weighted by Gasteiger charge is 2.47. The fourth-order valence-electron chi connectivity index (χ4n) is 1.69. The second-order valence-electron chi connectivity index (χ2n) is 3.70. The summed E-state index contributed by atoms with van der Waals surface area (Å²) < 4.78 is 31.7. The second kappa shape index (κ2) is 3.68. The van der Waals surface area contributed by atoms with Crippen LogP contribution in [0.15, 0.2) is 17.1 Å². The minimum Gasteiger partial charge on any atom is -0.494 e. The SMILES string of the molecule is COc1cc(F)c(C2(N=C=O)CC2)cc1F. The first-order valence-corrected chi connectivity index (χ1v) is 4.75. The average Bonchev–Trinajstić information content (AvgIpc) is 3.02. The van der Waals surface area contributed by atoms with Gasteiger partial charge in [-0.2, -0.15) is 4.99 Å². The summed E-state index contributed by atoms with van der Waals surface area (Å²) in [5.74, 6) is -1.44. The molecule has 84 valence electrons. The monoisotopic (exact) mass is 225 g/mol. The molecule has 3 nitrogen and oxygen atoms in total. The number of nitrogens with zero attached hydrogens (tertiary/aromatic N) is 1. The number of carbonyl (C=O) groups excluding carboxylic acids is 1. The fraction of sp³-hybridized carbons (Fsp3) is 0.364. The predicted molar refractivity (Wildman–Crippen MR) is 51.9 cm³/mol. The van der Waals surface area contributed by atoms with Gasteiger partial charge < -0.3 is 4.74 Å². The van der Waals surface area contributed by atoms with Crippen molar-refractivity contribution in [1.82, 2.24) is 0 Å². The topological polar surface area (TPSA) is 38.7 Å². The van der Waals surface area contributed by atoms with E-state index in [0.29, 0.717) is 12.8 Å². The Morgan fingerprint density at radius 1 is 1.38 bits per heavy atom. The molecule has 1 aliphatic rings. The number of aliphatic imine (C=N–C) groups is 1. The fourth-order valence-corrected chi connectivity index (χ4v) is 1.69. The van der Waals surface area contributed by atoms with E-state index in [1.54, 1.807) is 0 Å². The number of hydrogen-bond donors (Lipinski definition) is 0. The Kier molecular flexibility index (Phi) is 2.48. The molecule has 1 aliphatic carbocycles. The lowest BCUT2D eigenvalue weighted by molar-refractivity contribution is 0.380. The van der Waals surface area contributed by atoms with Crippen LogP contribution in [0.3, 0.4) is 0 Å². The maximum atomic E-state index is 13.6. The van der Waals surface area contributed by atoms with Gasteiger partial charge in [-0.25, -0.2) is 13.6 Å². The van der Waals surface area contributed by atoms with Crippen molar-refractivity contribution in [3.63, 3.8) is 0 Å². The predicted octanol–water partition coefficient (Wildman–Crippen LogP) is 2.30. The van der Waals surface area contributed by atoms with Crippen molar-refractivity contribution in [3.05, 3.63) is 29.3 Å². The van der Waals surface area contributed by atoms with Gasteiger partial charge in [0, 0.05) is 11.6 Å². The molecular weight excluding hydrogens is 216 g/mol. The van der Waals surface area contributed by atoms with Crippen LogP contribution in [0.2, 0.25) is 0 Å². The van der Waals surface area contributed by atoms with Gasteiger partial charge in [0.15, 0.2) is 11.6 Å². The van der Waals surface area contributed by atoms with E-state index >= 15 is 0 Å². The lowest BCUT2D eigenvalue weighted by Crippen LogP contribution is -2.07. The van der Waals surface area contributed by atoms with Gasteiger partial charge in [-0.05, 0) is 18.9 Å². The molecule has 0 heterocycles. The maximum Gasteiger partial charge on any atom is 0.235 e. The molecule has 0 atom stereocenters. The van der Waals surface area contributed by atoms with Crippen LogP contribution in [-0.4, -0.2) is 13.2 Å². The molecule has 0 aliphatic heterocycles. The third-order valence-electron chi connectivity index (χ3n) is 2.73. The Morgan fingerprint density at radius 3 is 2.56 bits per heavy atom. The van der Waals surface area contributed by atoms with E-state index in [0.717, 1.165) is 12.1 Å². The van der Waals surface area contributed by atoms with Crippen LogP contribution in [0, 0.1) is 11.6 Å². The van der Waals surface area contributed by atoms with Crippen LogP contribution in [0.25, 0.3) is 0 Å². The maximum absolute atomic E-state index is 13.6. The summed E-state index contributed by atoms with van der Waals surface area (Å²) in [6.45, 7) is 0. The average molecular weight is 225 g/mol. The van der Waals surface area contributed by atoms with Gasteiger partial charge in [0.25, 0.3) is 0 Å². The number of hydrogen-bond acceptors (Lipinski definition) is 3. The molecule has 16 heavy (non-hydrogen) atoms. The van der Waals surface area contributed by atoms with E-state index in [4.69, 9.17) is 0 Å². The summed E-state index contributed by atoms with van der Waals surface area (Å²) in [6.07, 6.45) is 2.46. The van der Waals surface area contributed by atoms with Gasteiger partial charge in [-0.3, -0.25) is 0 Å². The van der Waals surface area contributed by atoms with E-state index in [2.05, 4.69) is 9.73 Å². The summed E-state index contributed by atoms with van der Waals surface area (Å²) in [4.78, 5) is 13.8. The molecule has 0 amide bonds. The van der Waals surface area contributed by atoms with Crippen molar-refractivity contribution < 1.29 is 18.3 Å². The molecule has 2 rings (SSSR count). The molecule has 0 unspecified atom stereocenters. The van der Waals surface area contributed by atoms with Crippen molar-refractivity contribution in [2.45, 2.75) is 18.4 Å². The third-order valence-corrected chi connectivity index (χ3v) is 2.73. The molecule has 0 saturated heterocycles. The van der Waals surface area contributed by atoms with Gasteiger partial charge in [0.1, 0.15) is 11.4 Å². The van der Waals surface area contributed by atoms with Crippen LogP contribution in [0.5, 0.6) is 5.75 Å². The Balaban J connectivity index is 2.50. The Morgan fingerprint density at radius 2 is 2.06 bits per heavy atom.